The van der Waals surface area contributed by atoms with Crippen molar-refractivity contribution in [2.75, 3.05) is 13.2 Å². The van der Waals surface area contributed by atoms with Gasteiger partial charge in [0.05, 0.1) is 11.5 Å². The lowest BCUT2D eigenvalue weighted by Crippen LogP contribution is -2.26. The van der Waals surface area contributed by atoms with Crippen molar-refractivity contribution in [2.24, 2.45) is 0 Å². The molecular weight excluding hydrogens is 270 g/mol. The second-order valence-electron chi connectivity index (χ2n) is 3.97. The van der Waals surface area contributed by atoms with Crippen LogP contribution in [0.2, 0.25) is 0 Å². The molecule has 8 nitrogen and oxygen atoms in total. The molecule has 1 fully saturated rings. The van der Waals surface area contributed by atoms with Gasteiger partial charge in [-0.2, -0.15) is 0 Å². The molecule has 1 aliphatic rings. The summed E-state index contributed by atoms with van der Waals surface area (Å²) in [6.45, 7) is -0.151. The summed E-state index contributed by atoms with van der Waals surface area (Å²) >= 11 is 0. The van der Waals surface area contributed by atoms with Gasteiger partial charge in [-0.15, -0.1) is 0 Å². The third-order valence-corrected chi connectivity index (χ3v) is 2.57. The third kappa shape index (κ3) is 3.44. The number of cyclic esters (lactones) is 1. The van der Waals surface area contributed by atoms with E-state index in [1.165, 1.54) is 24.3 Å². The van der Waals surface area contributed by atoms with Crippen LogP contribution < -0.4 is 4.74 Å². The van der Waals surface area contributed by atoms with Gasteiger partial charge in [0.25, 0.3) is 5.69 Å². The minimum atomic E-state index is -0.872. The van der Waals surface area contributed by atoms with Gasteiger partial charge in [0.2, 0.25) is 6.10 Å². The van der Waals surface area contributed by atoms with Crippen molar-refractivity contribution in [3.8, 4) is 5.75 Å². The molecule has 106 valence electrons. The van der Waals surface area contributed by atoms with Gasteiger partial charge in [-0.3, -0.25) is 10.1 Å². The molecule has 2 rings (SSSR count). The number of nitrogens with zero attached hydrogens (tertiary/aromatic N) is 1. The van der Waals surface area contributed by atoms with Crippen molar-refractivity contribution < 1.29 is 28.7 Å². The van der Waals surface area contributed by atoms with E-state index in [0.717, 1.165) is 0 Å². The average Bonchev–Trinajstić information content (AvgIpc) is 2.82. The number of rotatable bonds is 5. The molecule has 1 atom stereocenters. The number of carbonyl (C=O) groups is 2. The largest absolute Gasteiger partial charge is 0.482 e. The maximum Gasteiger partial charge on any atom is 0.347 e. The number of carbonyl (C=O) groups excluding carboxylic acids is 2. The van der Waals surface area contributed by atoms with Gasteiger partial charge in [-0.1, -0.05) is 0 Å². The Kier molecular flexibility index (Phi) is 4.14. The number of nitro benzene ring substituents is 1. The van der Waals surface area contributed by atoms with Crippen LogP contribution in [0.15, 0.2) is 24.3 Å². The molecule has 1 heterocycles. The van der Waals surface area contributed by atoms with Crippen LogP contribution in [0.1, 0.15) is 6.42 Å². The summed E-state index contributed by atoms with van der Waals surface area (Å²) in [6.07, 6.45) is -0.537. The predicted molar refractivity (Wildman–Crippen MR) is 64.0 cm³/mol. The Labute approximate surface area is 113 Å². The SMILES string of the molecule is O=C(COc1ccc([N+](=O)[O-])cc1)O[C@H]1CCOC1=O. The molecule has 1 saturated heterocycles. The molecule has 8 heteroatoms. The highest BCUT2D eigenvalue weighted by atomic mass is 16.6. The molecule has 0 unspecified atom stereocenters. The van der Waals surface area contributed by atoms with Crippen molar-refractivity contribution in [1.82, 2.24) is 0 Å². The highest BCUT2D eigenvalue weighted by Crippen LogP contribution is 2.17. The molecule has 0 saturated carbocycles. The Morgan fingerprint density at radius 1 is 1.40 bits per heavy atom. The lowest BCUT2D eigenvalue weighted by Gasteiger charge is -2.09. The molecule has 1 aliphatic heterocycles. The number of nitro groups is 1. The number of hydrogen-bond acceptors (Lipinski definition) is 7. The first-order valence-corrected chi connectivity index (χ1v) is 5.79. The van der Waals surface area contributed by atoms with E-state index < -0.39 is 23.0 Å². The number of esters is 2. The molecular formula is C12H11NO7. The van der Waals surface area contributed by atoms with Crippen LogP contribution in [-0.4, -0.2) is 36.2 Å². The summed E-state index contributed by atoms with van der Waals surface area (Å²) in [5.41, 5.74) is -0.0753. The van der Waals surface area contributed by atoms with Crippen molar-refractivity contribution in [2.45, 2.75) is 12.5 Å². The van der Waals surface area contributed by atoms with Crippen LogP contribution in [-0.2, 0) is 19.1 Å². The fourth-order valence-electron chi connectivity index (χ4n) is 1.58. The van der Waals surface area contributed by atoms with Crippen LogP contribution >= 0.6 is 0 Å². The van der Waals surface area contributed by atoms with Crippen molar-refractivity contribution in [3.63, 3.8) is 0 Å². The van der Waals surface area contributed by atoms with Gasteiger partial charge >= 0.3 is 11.9 Å². The summed E-state index contributed by atoms with van der Waals surface area (Å²) in [7, 11) is 0. The maximum atomic E-state index is 11.4. The molecule has 0 aliphatic carbocycles. The minimum Gasteiger partial charge on any atom is -0.482 e. The molecule has 0 N–H and O–H groups in total. The summed E-state index contributed by atoms with van der Waals surface area (Å²) in [6, 6.07) is 5.26. The second-order valence-corrected chi connectivity index (χ2v) is 3.97. The van der Waals surface area contributed by atoms with E-state index in [4.69, 9.17) is 9.47 Å². The Morgan fingerprint density at radius 3 is 2.65 bits per heavy atom. The van der Waals surface area contributed by atoms with Crippen LogP contribution in [0.4, 0.5) is 5.69 Å². The fraction of sp³-hybridized carbons (Fsp3) is 0.333. The van der Waals surface area contributed by atoms with Crippen molar-refractivity contribution >= 4 is 17.6 Å². The van der Waals surface area contributed by atoms with E-state index in [2.05, 4.69) is 4.74 Å². The zero-order chi connectivity index (χ0) is 14.5. The fourth-order valence-corrected chi connectivity index (χ4v) is 1.58. The van der Waals surface area contributed by atoms with Crippen LogP contribution in [0.3, 0.4) is 0 Å². The van der Waals surface area contributed by atoms with E-state index >= 15 is 0 Å². The predicted octanol–water partition coefficient (Wildman–Crippen LogP) is 0.832. The second kappa shape index (κ2) is 6.00. The molecule has 0 radical (unpaired) electrons. The number of benzene rings is 1. The van der Waals surface area contributed by atoms with E-state index in [0.29, 0.717) is 12.2 Å². The third-order valence-electron chi connectivity index (χ3n) is 2.57. The van der Waals surface area contributed by atoms with Crippen molar-refractivity contribution in [3.05, 3.63) is 34.4 Å². The Morgan fingerprint density at radius 2 is 2.10 bits per heavy atom. The molecule has 0 spiro atoms. The quantitative estimate of drug-likeness (QED) is 0.447. The summed E-state index contributed by atoms with van der Waals surface area (Å²) in [5.74, 6) is -0.970. The summed E-state index contributed by atoms with van der Waals surface area (Å²) in [5, 5.41) is 10.4. The van der Waals surface area contributed by atoms with Gasteiger partial charge in [0.1, 0.15) is 5.75 Å². The lowest BCUT2D eigenvalue weighted by molar-refractivity contribution is -0.384. The zero-order valence-corrected chi connectivity index (χ0v) is 10.3. The molecule has 20 heavy (non-hydrogen) atoms. The summed E-state index contributed by atoms with van der Waals surface area (Å²) < 4.78 is 14.6. The van der Waals surface area contributed by atoms with Gasteiger partial charge in [0, 0.05) is 18.6 Å². The highest BCUT2D eigenvalue weighted by Gasteiger charge is 2.30. The van der Waals surface area contributed by atoms with Gasteiger partial charge in [-0.05, 0) is 12.1 Å². The zero-order valence-electron chi connectivity index (χ0n) is 10.3. The molecule has 1 aromatic rings. The number of ether oxygens (including phenoxy) is 3. The first-order chi connectivity index (χ1) is 9.56. The average molecular weight is 281 g/mol. The standard InChI is InChI=1S/C12H11NO7/c14-11(20-10-5-6-18-12(10)15)7-19-9-3-1-8(2-4-9)13(16)17/h1-4,10H,5-7H2/t10-/m0/s1. The van der Waals surface area contributed by atoms with Crippen molar-refractivity contribution in [1.29, 1.82) is 0 Å². The van der Waals surface area contributed by atoms with Gasteiger partial charge in [-0.25, -0.2) is 9.59 Å². The molecule has 0 aromatic heterocycles. The van der Waals surface area contributed by atoms with E-state index in [9.17, 15) is 19.7 Å². The Hall–Kier alpha value is -2.64. The maximum absolute atomic E-state index is 11.4. The number of non-ortho nitro benzene ring substituents is 1. The molecule has 0 bridgehead atoms. The van der Waals surface area contributed by atoms with Gasteiger partial charge < -0.3 is 14.2 Å². The summed E-state index contributed by atoms with van der Waals surface area (Å²) in [4.78, 5) is 32.4. The highest BCUT2D eigenvalue weighted by molar-refractivity contribution is 5.81. The Bertz CT molecular complexity index is 525. The monoisotopic (exact) mass is 281 g/mol. The van der Waals surface area contributed by atoms with E-state index in [1.807, 2.05) is 0 Å². The Balaban J connectivity index is 1.81. The van der Waals surface area contributed by atoms with Crippen LogP contribution in [0.5, 0.6) is 5.75 Å². The first-order valence-electron chi connectivity index (χ1n) is 5.79. The van der Waals surface area contributed by atoms with Crippen LogP contribution in [0, 0.1) is 10.1 Å². The van der Waals surface area contributed by atoms with E-state index in [-0.39, 0.29) is 18.9 Å². The molecule has 1 aromatic carbocycles. The first kappa shape index (κ1) is 13.8. The van der Waals surface area contributed by atoms with Crippen LogP contribution in [0.25, 0.3) is 0 Å². The van der Waals surface area contributed by atoms with Gasteiger partial charge in [0.15, 0.2) is 6.61 Å². The topological polar surface area (TPSA) is 105 Å². The molecule has 0 amide bonds. The van der Waals surface area contributed by atoms with E-state index in [1.54, 1.807) is 0 Å². The normalized spacial score (nSPS) is 17.4. The minimum absolute atomic E-state index is 0.0753. The number of hydrogen-bond donors (Lipinski definition) is 0. The smallest absolute Gasteiger partial charge is 0.347 e. The lowest BCUT2D eigenvalue weighted by atomic mass is 10.3.